The van der Waals surface area contributed by atoms with Crippen LogP contribution >= 0.6 is 23.1 Å². The second-order valence-corrected chi connectivity index (χ2v) is 9.98. The Kier molecular flexibility index (Phi) is 6.65. The lowest BCUT2D eigenvalue weighted by atomic mass is 9.95. The van der Waals surface area contributed by atoms with Crippen molar-refractivity contribution in [2.75, 3.05) is 16.4 Å². The Balaban J connectivity index is 1.29. The number of hydrogen-bond acceptors (Lipinski definition) is 8. The standard InChI is InChI=1S/C24H22N6O2S2/c25-13-19-18-10-4-5-11-20(18)30(16-7-2-1-3-8-16)22(19)27-21(31)15-33-24-29-28-23(34-24)26-14-17-9-6-12-32-17/h1-3,6-9,12H,4-5,10-11,14-15H2,(H,26,28)(H,27,31). The molecule has 5 rings (SSSR count). The van der Waals surface area contributed by atoms with E-state index in [2.05, 4.69) is 26.9 Å². The number of benzene rings is 1. The molecule has 0 atom stereocenters. The summed E-state index contributed by atoms with van der Waals surface area (Å²) >= 11 is 2.70. The number of rotatable bonds is 8. The van der Waals surface area contributed by atoms with Gasteiger partial charge < -0.3 is 15.1 Å². The van der Waals surface area contributed by atoms with Gasteiger partial charge >= 0.3 is 0 Å². The summed E-state index contributed by atoms with van der Waals surface area (Å²) in [7, 11) is 0. The molecule has 4 aromatic rings. The Morgan fingerprint density at radius 1 is 1.18 bits per heavy atom. The number of carbonyl (C=O) groups is 1. The largest absolute Gasteiger partial charge is 0.467 e. The zero-order valence-corrected chi connectivity index (χ0v) is 19.9. The number of amides is 1. The topological polar surface area (TPSA) is 109 Å². The van der Waals surface area contributed by atoms with Crippen LogP contribution in [-0.2, 0) is 24.2 Å². The van der Waals surface area contributed by atoms with Crippen molar-refractivity contribution in [3.63, 3.8) is 0 Å². The number of aromatic nitrogens is 3. The summed E-state index contributed by atoms with van der Waals surface area (Å²) in [6.07, 6.45) is 5.50. The summed E-state index contributed by atoms with van der Waals surface area (Å²) in [6, 6.07) is 15.9. The molecule has 1 aliphatic rings. The van der Waals surface area contributed by atoms with Gasteiger partial charge in [-0.15, -0.1) is 10.2 Å². The van der Waals surface area contributed by atoms with Gasteiger partial charge in [-0.3, -0.25) is 9.36 Å². The molecule has 0 saturated carbocycles. The fourth-order valence-corrected chi connectivity index (χ4v) is 5.65. The van der Waals surface area contributed by atoms with Crippen LogP contribution in [0.3, 0.4) is 0 Å². The van der Waals surface area contributed by atoms with E-state index in [1.165, 1.54) is 23.1 Å². The number of anilines is 2. The van der Waals surface area contributed by atoms with Crippen LogP contribution in [0.1, 0.15) is 35.4 Å². The summed E-state index contributed by atoms with van der Waals surface area (Å²) in [5.41, 5.74) is 3.68. The molecule has 0 bridgehead atoms. The first kappa shape index (κ1) is 22.3. The number of hydrogen-bond donors (Lipinski definition) is 2. The maximum absolute atomic E-state index is 12.9. The highest BCUT2D eigenvalue weighted by Crippen LogP contribution is 2.36. The number of furan rings is 1. The third-order valence-electron chi connectivity index (χ3n) is 5.58. The molecule has 2 N–H and O–H groups in total. The van der Waals surface area contributed by atoms with Crippen molar-refractivity contribution >= 4 is 40.0 Å². The summed E-state index contributed by atoms with van der Waals surface area (Å²) in [5.74, 6) is 1.35. The fourth-order valence-electron chi connectivity index (χ4n) is 4.11. The number of para-hydroxylation sites is 1. The molecule has 172 valence electrons. The minimum atomic E-state index is -0.186. The van der Waals surface area contributed by atoms with E-state index < -0.39 is 0 Å². The van der Waals surface area contributed by atoms with Crippen LogP contribution in [0.25, 0.3) is 5.69 Å². The highest BCUT2D eigenvalue weighted by Gasteiger charge is 2.26. The van der Waals surface area contributed by atoms with Crippen LogP contribution < -0.4 is 10.6 Å². The van der Waals surface area contributed by atoms with Crippen molar-refractivity contribution in [2.45, 2.75) is 36.6 Å². The van der Waals surface area contributed by atoms with E-state index in [0.29, 0.717) is 27.4 Å². The van der Waals surface area contributed by atoms with Crippen molar-refractivity contribution in [1.82, 2.24) is 14.8 Å². The molecule has 1 aromatic carbocycles. The van der Waals surface area contributed by atoms with E-state index in [9.17, 15) is 10.1 Å². The zero-order chi connectivity index (χ0) is 23.3. The number of carbonyl (C=O) groups excluding carboxylic acids is 1. The highest BCUT2D eigenvalue weighted by atomic mass is 32.2. The quantitative estimate of drug-likeness (QED) is 0.334. The lowest BCUT2D eigenvalue weighted by molar-refractivity contribution is -0.113. The summed E-state index contributed by atoms with van der Waals surface area (Å²) < 4.78 is 8.03. The second-order valence-electron chi connectivity index (χ2n) is 7.78. The van der Waals surface area contributed by atoms with Crippen LogP contribution in [0.5, 0.6) is 0 Å². The zero-order valence-electron chi connectivity index (χ0n) is 18.3. The predicted octanol–water partition coefficient (Wildman–Crippen LogP) is 5.02. The maximum Gasteiger partial charge on any atom is 0.235 e. The van der Waals surface area contributed by atoms with Gasteiger partial charge in [-0.1, -0.05) is 41.3 Å². The molecule has 0 saturated heterocycles. The molecular formula is C24H22N6O2S2. The lowest BCUT2D eigenvalue weighted by Gasteiger charge is -2.17. The third kappa shape index (κ3) is 4.71. The van der Waals surface area contributed by atoms with Gasteiger partial charge in [-0.2, -0.15) is 5.26 Å². The minimum Gasteiger partial charge on any atom is -0.467 e. The molecule has 1 aliphatic carbocycles. The number of thioether (sulfide) groups is 1. The van der Waals surface area contributed by atoms with Gasteiger partial charge in [-0.05, 0) is 55.5 Å². The van der Waals surface area contributed by atoms with Crippen molar-refractivity contribution in [3.05, 3.63) is 71.3 Å². The van der Waals surface area contributed by atoms with Gasteiger partial charge in [0, 0.05) is 11.4 Å². The first-order chi connectivity index (χ1) is 16.7. The first-order valence-electron chi connectivity index (χ1n) is 11.0. The molecule has 8 nitrogen and oxygen atoms in total. The van der Waals surface area contributed by atoms with Crippen molar-refractivity contribution < 1.29 is 9.21 Å². The smallest absolute Gasteiger partial charge is 0.235 e. The van der Waals surface area contributed by atoms with E-state index >= 15 is 0 Å². The number of fused-ring (bicyclic) bond motifs is 1. The Morgan fingerprint density at radius 2 is 2.03 bits per heavy atom. The number of nitrogens with one attached hydrogen (secondary N) is 2. The van der Waals surface area contributed by atoms with Crippen LogP contribution in [0.4, 0.5) is 10.9 Å². The van der Waals surface area contributed by atoms with E-state index in [1.807, 2.05) is 47.0 Å². The monoisotopic (exact) mass is 490 g/mol. The van der Waals surface area contributed by atoms with E-state index in [-0.39, 0.29) is 11.7 Å². The minimum absolute atomic E-state index is 0.169. The Morgan fingerprint density at radius 3 is 2.82 bits per heavy atom. The van der Waals surface area contributed by atoms with Crippen LogP contribution in [0, 0.1) is 11.3 Å². The third-order valence-corrected chi connectivity index (χ3v) is 7.60. The molecule has 0 fully saturated rings. The second kappa shape index (κ2) is 10.2. The summed E-state index contributed by atoms with van der Waals surface area (Å²) in [4.78, 5) is 12.9. The first-order valence-corrected chi connectivity index (χ1v) is 12.8. The van der Waals surface area contributed by atoms with Crippen LogP contribution in [0.15, 0.2) is 57.5 Å². The van der Waals surface area contributed by atoms with E-state index in [4.69, 9.17) is 4.42 Å². The highest BCUT2D eigenvalue weighted by molar-refractivity contribution is 8.01. The van der Waals surface area contributed by atoms with Gasteiger partial charge in [0.2, 0.25) is 11.0 Å². The normalized spacial score (nSPS) is 12.7. The average molecular weight is 491 g/mol. The van der Waals surface area contributed by atoms with Gasteiger partial charge in [0.25, 0.3) is 0 Å². The molecule has 3 heterocycles. The molecule has 1 amide bonds. The predicted molar refractivity (Wildman–Crippen MR) is 132 cm³/mol. The van der Waals surface area contributed by atoms with Gasteiger partial charge in [0.1, 0.15) is 17.6 Å². The molecule has 34 heavy (non-hydrogen) atoms. The number of nitrogens with zero attached hydrogens (tertiary/aromatic N) is 4. The molecule has 0 spiro atoms. The average Bonchev–Trinajstić information content (AvgIpc) is 3.61. The lowest BCUT2D eigenvalue weighted by Crippen LogP contribution is -2.18. The Bertz CT molecular complexity index is 1320. The molecule has 0 aliphatic heterocycles. The molecule has 10 heteroatoms. The maximum atomic E-state index is 12.9. The van der Waals surface area contributed by atoms with Crippen LogP contribution in [-0.4, -0.2) is 26.4 Å². The molecule has 0 unspecified atom stereocenters. The SMILES string of the molecule is N#Cc1c2c(n(-c3ccccc3)c1NC(=O)CSc1nnc(NCc3ccco3)s1)CCCC2. The van der Waals surface area contributed by atoms with Gasteiger partial charge in [-0.25, -0.2) is 0 Å². The summed E-state index contributed by atoms with van der Waals surface area (Å²) in [6.45, 7) is 0.519. The van der Waals surface area contributed by atoms with Crippen LogP contribution in [0.2, 0.25) is 0 Å². The summed E-state index contributed by atoms with van der Waals surface area (Å²) in [5, 5.41) is 25.0. The Hall–Kier alpha value is -3.55. The van der Waals surface area contributed by atoms with E-state index in [0.717, 1.165) is 48.4 Å². The fraction of sp³-hybridized carbons (Fsp3) is 0.250. The van der Waals surface area contributed by atoms with Gasteiger partial charge in [0.15, 0.2) is 4.34 Å². The molecule has 0 radical (unpaired) electrons. The molecule has 3 aromatic heterocycles. The van der Waals surface area contributed by atoms with Gasteiger partial charge in [0.05, 0.1) is 24.1 Å². The van der Waals surface area contributed by atoms with Crippen molar-refractivity contribution in [3.8, 4) is 11.8 Å². The van der Waals surface area contributed by atoms with E-state index in [1.54, 1.807) is 6.26 Å². The number of nitriles is 1. The molecular weight excluding hydrogens is 468 g/mol. The van der Waals surface area contributed by atoms with Crippen molar-refractivity contribution in [1.29, 1.82) is 5.26 Å². The Labute approximate surface area is 205 Å². The van der Waals surface area contributed by atoms with Crippen molar-refractivity contribution in [2.24, 2.45) is 0 Å².